The van der Waals surface area contributed by atoms with Gasteiger partial charge >= 0.3 is 0 Å². The molecule has 21 heavy (non-hydrogen) atoms. The van der Waals surface area contributed by atoms with Crippen LogP contribution in [0.3, 0.4) is 0 Å². The average molecular weight is 435 g/mol. The molecule has 0 spiro atoms. The summed E-state index contributed by atoms with van der Waals surface area (Å²) in [6.07, 6.45) is 0. The summed E-state index contributed by atoms with van der Waals surface area (Å²) < 4.78 is 6.39. The zero-order valence-electron chi connectivity index (χ0n) is 10.7. The maximum atomic E-state index is 10.7. The van der Waals surface area contributed by atoms with Crippen molar-refractivity contribution in [2.24, 2.45) is 0 Å². The van der Waals surface area contributed by atoms with Gasteiger partial charge in [0.1, 0.15) is 12.4 Å². The summed E-state index contributed by atoms with van der Waals surface area (Å²) in [6.45, 7) is 0.266. The van der Waals surface area contributed by atoms with Crippen molar-refractivity contribution in [1.82, 2.24) is 0 Å². The van der Waals surface area contributed by atoms with Gasteiger partial charge < -0.3 is 4.74 Å². The van der Waals surface area contributed by atoms with Gasteiger partial charge in [-0.15, -0.1) is 0 Å². The van der Waals surface area contributed by atoms with Gasteiger partial charge in [-0.3, -0.25) is 10.1 Å². The molecule has 0 unspecified atom stereocenters. The van der Waals surface area contributed by atoms with Crippen LogP contribution < -0.4 is 4.74 Å². The molecule has 0 aliphatic heterocycles. The Kier molecular flexibility index (Phi) is 5.61. The molecule has 2 aromatic rings. The lowest BCUT2D eigenvalue weighted by Gasteiger charge is -2.12. The van der Waals surface area contributed by atoms with E-state index >= 15 is 0 Å². The number of alkyl halides is 1. The Morgan fingerprint density at radius 3 is 2.62 bits per heavy atom. The summed E-state index contributed by atoms with van der Waals surface area (Å²) >= 11 is 12.8. The average Bonchev–Trinajstić information content (AvgIpc) is 2.46. The second kappa shape index (κ2) is 7.24. The van der Waals surface area contributed by atoms with Crippen LogP contribution in [-0.4, -0.2) is 4.92 Å². The van der Waals surface area contributed by atoms with Crippen LogP contribution in [0.2, 0.25) is 5.02 Å². The van der Waals surface area contributed by atoms with Crippen LogP contribution in [0.4, 0.5) is 5.69 Å². The number of benzene rings is 2. The van der Waals surface area contributed by atoms with E-state index in [0.29, 0.717) is 20.6 Å². The molecule has 0 N–H and O–H groups in total. The predicted molar refractivity (Wildman–Crippen MR) is 89.2 cm³/mol. The van der Waals surface area contributed by atoms with Crippen molar-refractivity contribution in [2.75, 3.05) is 0 Å². The largest absolute Gasteiger partial charge is 0.487 e. The summed E-state index contributed by atoms with van der Waals surface area (Å²) in [5.41, 5.74) is 1.78. The molecule has 0 aliphatic rings. The highest BCUT2D eigenvalue weighted by molar-refractivity contribution is 9.10. The number of non-ortho nitro benzene ring substituents is 1. The zero-order valence-corrected chi connectivity index (χ0v) is 14.6. The van der Waals surface area contributed by atoms with Gasteiger partial charge in [0.2, 0.25) is 0 Å². The van der Waals surface area contributed by atoms with Crippen LogP contribution in [-0.2, 0) is 11.9 Å². The maximum Gasteiger partial charge on any atom is 0.270 e. The van der Waals surface area contributed by atoms with E-state index in [-0.39, 0.29) is 12.3 Å². The van der Waals surface area contributed by atoms with Gasteiger partial charge in [-0.05, 0) is 12.1 Å². The maximum absolute atomic E-state index is 10.7. The van der Waals surface area contributed by atoms with Gasteiger partial charge in [0.25, 0.3) is 5.69 Å². The smallest absolute Gasteiger partial charge is 0.270 e. The lowest BCUT2D eigenvalue weighted by Crippen LogP contribution is -2.00. The molecule has 0 saturated carbocycles. The molecule has 4 nitrogen and oxygen atoms in total. The minimum Gasteiger partial charge on any atom is -0.487 e. The molecule has 0 aromatic heterocycles. The summed E-state index contributed by atoms with van der Waals surface area (Å²) in [6, 6.07) is 10.1. The minimum atomic E-state index is -0.438. The number of halogens is 3. The molecule has 2 rings (SSSR count). The molecule has 2 aromatic carbocycles. The molecule has 0 fully saturated rings. The van der Waals surface area contributed by atoms with Crippen LogP contribution in [0.1, 0.15) is 11.1 Å². The highest BCUT2D eigenvalue weighted by Gasteiger charge is 2.12. The molecular formula is C14H10Br2ClNO3. The van der Waals surface area contributed by atoms with Crippen molar-refractivity contribution in [3.05, 3.63) is 67.1 Å². The van der Waals surface area contributed by atoms with Gasteiger partial charge in [-0.1, -0.05) is 55.6 Å². The number of nitro benzene ring substituents is 1. The standard InChI is InChI=1S/C14H10Br2ClNO3/c15-7-9-2-1-3-13(17)14(9)21-8-10-4-5-11(18(19)20)6-12(10)16/h1-6H,7-8H2. The third-order valence-electron chi connectivity index (χ3n) is 2.81. The number of nitrogens with zero attached hydrogens (tertiary/aromatic N) is 1. The Hall–Kier alpha value is -1.11. The summed E-state index contributed by atoms with van der Waals surface area (Å²) in [4.78, 5) is 10.3. The van der Waals surface area contributed by atoms with E-state index < -0.39 is 4.92 Å². The monoisotopic (exact) mass is 433 g/mol. The second-order valence-electron chi connectivity index (χ2n) is 4.18. The van der Waals surface area contributed by atoms with Gasteiger partial charge in [0.15, 0.2) is 0 Å². The Morgan fingerprint density at radius 1 is 1.24 bits per heavy atom. The number of nitro groups is 1. The van der Waals surface area contributed by atoms with E-state index in [4.69, 9.17) is 16.3 Å². The molecule has 0 aliphatic carbocycles. The molecule has 0 amide bonds. The number of hydrogen-bond donors (Lipinski definition) is 0. The zero-order chi connectivity index (χ0) is 15.4. The van der Waals surface area contributed by atoms with Crippen molar-refractivity contribution in [2.45, 2.75) is 11.9 Å². The molecule has 110 valence electrons. The van der Waals surface area contributed by atoms with E-state index in [0.717, 1.165) is 11.1 Å². The first kappa shape index (κ1) is 16.3. The van der Waals surface area contributed by atoms with Crippen molar-refractivity contribution < 1.29 is 9.66 Å². The normalized spacial score (nSPS) is 10.4. The first-order chi connectivity index (χ1) is 10.0. The quantitative estimate of drug-likeness (QED) is 0.355. The van der Waals surface area contributed by atoms with Crippen molar-refractivity contribution in [1.29, 1.82) is 0 Å². The summed E-state index contributed by atoms with van der Waals surface area (Å²) in [7, 11) is 0. The molecule has 0 atom stereocenters. The number of para-hydroxylation sites is 1. The lowest BCUT2D eigenvalue weighted by molar-refractivity contribution is -0.384. The van der Waals surface area contributed by atoms with Crippen LogP contribution in [0.5, 0.6) is 5.75 Å². The first-order valence-electron chi connectivity index (χ1n) is 5.92. The van der Waals surface area contributed by atoms with E-state index in [1.807, 2.05) is 12.1 Å². The Balaban J connectivity index is 2.19. The third-order valence-corrected chi connectivity index (χ3v) is 4.45. The number of rotatable bonds is 5. The van der Waals surface area contributed by atoms with Crippen molar-refractivity contribution >= 4 is 49.1 Å². The molecule has 0 saturated heterocycles. The molecule has 0 bridgehead atoms. The lowest BCUT2D eigenvalue weighted by atomic mass is 10.2. The first-order valence-corrected chi connectivity index (χ1v) is 8.21. The third kappa shape index (κ3) is 3.96. The Bertz CT molecular complexity index is 679. The fourth-order valence-electron chi connectivity index (χ4n) is 1.74. The topological polar surface area (TPSA) is 52.4 Å². The Labute approximate surface area is 143 Å². The van der Waals surface area contributed by atoms with E-state index in [9.17, 15) is 10.1 Å². The molecule has 0 radical (unpaired) electrons. The van der Waals surface area contributed by atoms with Gasteiger partial charge in [0, 0.05) is 33.1 Å². The van der Waals surface area contributed by atoms with Crippen molar-refractivity contribution in [3.8, 4) is 5.75 Å². The highest BCUT2D eigenvalue weighted by Crippen LogP contribution is 2.32. The Morgan fingerprint density at radius 2 is 2.00 bits per heavy atom. The van der Waals surface area contributed by atoms with Gasteiger partial charge in [0.05, 0.1) is 9.95 Å². The highest BCUT2D eigenvalue weighted by atomic mass is 79.9. The van der Waals surface area contributed by atoms with E-state index in [1.54, 1.807) is 12.1 Å². The number of ether oxygens (including phenoxy) is 1. The predicted octanol–water partition coefficient (Wildman–Crippen LogP) is 5.48. The number of hydrogen-bond acceptors (Lipinski definition) is 3. The van der Waals surface area contributed by atoms with Crippen LogP contribution >= 0.6 is 43.5 Å². The molecule has 0 heterocycles. The fourth-order valence-corrected chi connectivity index (χ4v) is 2.91. The van der Waals surface area contributed by atoms with E-state index in [2.05, 4.69) is 31.9 Å². The minimum absolute atomic E-state index is 0.0320. The molecular weight excluding hydrogens is 425 g/mol. The molecule has 7 heteroatoms. The van der Waals surface area contributed by atoms with Crippen molar-refractivity contribution in [3.63, 3.8) is 0 Å². The van der Waals surface area contributed by atoms with Crippen LogP contribution in [0.25, 0.3) is 0 Å². The SMILES string of the molecule is O=[N+]([O-])c1ccc(COc2c(Cl)cccc2CBr)c(Br)c1. The van der Waals surface area contributed by atoms with Crippen LogP contribution in [0, 0.1) is 10.1 Å². The van der Waals surface area contributed by atoms with Gasteiger partial charge in [-0.25, -0.2) is 0 Å². The summed E-state index contributed by atoms with van der Waals surface area (Å²) in [5.74, 6) is 0.612. The van der Waals surface area contributed by atoms with E-state index in [1.165, 1.54) is 12.1 Å². The second-order valence-corrected chi connectivity index (χ2v) is 6.01. The fraction of sp³-hybridized carbons (Fsp3) is 0.143. The summed E-state index contributed by atoms with van der Waals surface area (Å²) in [5, 5.41) is 11.9. The van der Waals surface area contributed by atoms with Crippen LogP contribution in [0.15, 0.2) is 40.9 Å². The van der Waals surface area contributed by atoms with Gasteiger partial charge in [-0.2, -0.15) is 0 Å².